The predicted molar refractivity (Wildman–Crippen MR) is 66.8 cm³/mol. The van der Waals surface area contributed by atoms with E-state index in [0.29, 0.717) is 0 Å². The number of thiazole rings is 1. The van der Waals surface area contributed by atoms with Crippen LogP contribution < -0.4 is 0 Å². The summed E-state index contributed by atoms with van der Waals surface area (Å²) in [6.07, 6.45) is -0.606. The first-order valence-corrected chi connectivity index (χ1v) is 6.17. The summed E-state index contributed by atoms with van der Waals surface area (Å²) in [6.45, 7) is 6.17. The molecule has 0 spiro atoms. The number of benzene rings is 1. The van der Waals surface area contributed by atoms with Crippen LogP contribution in [0.2, 0.25) is 0 Å². The van der Waals surface area contributed by atoms with E-state index >= 15 is 0 Å². The maximum atomic E-state index is 10.2. The molecule has 1 heterocycles. The van der Waals surface area contributed by atoms with Crippen LogP contribution in [0.15, 0.2) is 23.0 Å². The summed E-state index contributed by atoms with van der Waals surface area (Å²) >= 11 is 1.50. The van der Waals surface area contributed by atoms with Gasteiger partial charge in [-0.05, 0) is 43.0 Å². The van der Waals surface area contributed by atoms with Crippen molar-refractivity contribution >= 4 is 11.3 Å². The zero-order chi connectivity index (χ0) is 11.7. The third-order valence-corrected chi connectivity index (χ3v) is 3.51. The molecule has 0 bridgehead atoms. The Bertz CT molecular complexity index is 491. The van der Waals surface area contributed by atoms with Crippen molar-refractivity contribution in [1.82, 2.24) is 4.98 Å². The molecule has 0 aliphatic heterocycles. The summed E-state index contributed by atoms with van der Waals surface area (Å²) in [5, 5.41) is 12.1. The number of hydrogen-bond acceptors (Lipinski definition) is 3. The molecule has 0 amide bonds. The predicted octanol–water partition coefficient (Wildman–Crippen LogP) is 3.15. The molecule has 1 aromatic carbocycles. The molecule has 1 aromatic heterocycles. The number of aryl methyl sites for hydroxylation is 3. The Kier molecular flexibility index (Phi) is 3.08. The molecule has 1 unspecified atom stereocenters. The average Bonchev–Trinajstić information content (AvgIpc) is 2.75. The first-order chi connectivity index (χ1) is 7.59. The van der Waals surface area contributed by atoms with Crippen LogP contribution in [0.5, 0.6) is 0 Å². The molecule has 0 aliphatic rings. The van der Waals surface area contributed by atoms with E-state index in [1.54, 1.807) is 5.51 Å². The second-order valence-electron chi connectivity index (χ2n) is 4.11. The minimum atomic E-state index is -0.606. The lowest BCUT2D eigenvalue weighted by Gasteiger charge is -2.14. The highest BCUT2D eigenvalue weighted by molar-refractivity contribution is 7.07. The minimum absolute atomic E-state index is 0.606. The van der Waals surface area contributed by atoms with Gasteiger partial charge in [-0.25, -0.2) is 4.98 Å². The smallest absolute Gasteiger partial charge is 0.122 e. The lowest BCUT2D eigenvalue weighted by Crippen LogP contribution is -2.03. The van der Waals surface area contributed by atoms with Gasteiger partial charge in [-0.1, -0.05) is 12.1 Å². The van der Waals surface area contributed by atoms with Crippen molar-refractivity contribution in [1.29, 1.82) is 0 Å². The van der Waals surface area contributed by atoms with Crippen LogP contribution >= 0.6 is 11.3 Å². The Labute approximate surface area is 99.6 Å². The lowest BCUT2D eigenvalue weighted by atomic mass is 9.96. The molecule has 2 aromatic rings. The summed E-state index contributed by atoms with van der Waals surface area (Å²) in [4.78, 5) is 4.15. The average molecular weight is 233 g/mol. The van der Waals surface area contributed by atoms with Gasteiger partial charge in [-0.15, -0.1) is 11.3 Å². The zero-order valence-electron chi connectivity index (χ0n) is 9.69. The summed E-state index contributed by atoms with van der Waals surface area (Å²) in [7, 11) is 0. The molecule has 1 atom stereocenters. The largest absolute Gasteiger partial charge is 0.382 e. The van der Waals surface area contributed by atoms with Crippen LogP contribution in [-0.2, 0) is 0 Å². The van der Waals surface area contributed by atoms with Crippen LogP contribution in [0.4, 0.5) is 0 Å². The Balaban J connectivity index is 2.44. The molecule has 84 valence electrons. The summed E-state index contributed by atoms with van der Waals surface area (Å²) in [5.74, 6) is 0. The van der Waals surface area contributed by atoms with Crippen molar-refractivity contribution < 1.29 is 5.11 Å². The van der Waals surface area contributed by atoms with Gasteiger partial charge in [0.1, 0.15) is 6.10 Å². The normalized spacial score (nSPS) is 12.8. The highest BCUT2D eigenvalue weighted by atomic mass is 32.1. The zero-order valence-corrected chi connectivity index (χ0v) is 10.5. The molecule has 3 heteroatoms. The molecule has 2 nitrogen and oxygen atoms in total. The van der Waals surface area contributed by atoms with Crippen LogP contribution in [0, 0.1) is 20.8 Å². The second kappa shape index (κ2) is 4.36. The maximum absolute atomic E-state index is 10.2. The molecule has 16 heavy (non-hydrogen) atoms. The number of aliphatic hydroxyl groups excluding tert-OH is 1. The van der Waals surface area contributed by atoms with Crippen molar-refractivity contribution in [2.24, 2.45) is 0 Å². The van der Waals surface area contributed by atoms with E-state index in [2.05, 4.69) is 31.0 Å². The van der Waals surface area contributed by atoms with Gasteiger partial charge in [-0.2, -0.15) is 0 Å². The summed E-state index contributed by atoms with van der Waals surface area (Å²) in [5.41, 5.74) is 7.00. The standard InChI is InChI=1S/C13H15NOS/c1-8-4-10(3)11(5-9(8)2)13(15)12-6-16-7-14-12/h4-7,13,15H,1-3H3. The minimum Gasteiger partial charge on any atom is -0.382 e. The number of aromatic nitrogens is 1. The fourth-order valence-corrected chi connectivity index (χ4v) is 2.37. The van der Waals surface area contributed by atoms with Crippen LogP contribution in [0.1, 0.15) is 34.1 Å². The fraction of sp³-hybridized carbons (Fsp3) is 0.308. The Morgan fingerprint density at radius 2 is 1.81 bits per heavy atom. The highest BCUT2D eigenvalue weighted by Crippen LogP contribution is 2.26. The number of rotatable bonds is 2. The van der Waals surface area contributed by atoms with Gasteiger partial charge in [0.15, 0.2) is 0 Å². The molecular formula is C13H15NOS. The number of hydrogen-bond donors (Lipinski definition) is 1. The van der Waals surface area contributed by atoms with E-state index in [4.69, 9.17) is 0 Å². The molecule has 1 N–H and O–H groups in total. The molecule has 0 saturated heterocycles. The van der Waals surface area contributed by atoms with Crippen molar-refractivity contribution in [3.05, 3.63) is 51.0 Å². The van der Waals surface area contributed by atoms with Gasteiger partial charge in [0, 0.05) is 5.38 Å². The molecule has 0 fully saturated rings. The van der Waals surface area contributed by atoms with Crippen molar-refractivity contribution in [2.75, 3.05) is 0 Å². The second-order valence-corrected chi connectivity index (χ2v) is 4.83. The van der Waals surface area contributed by atoms with Gasteiger partial charge in [0.2, 0.25) is 0 Å². The molecule has 0 aliphatic carbocycles. The maximum Gasteiger partial charge on any atom is 0.122 e. The first kappa shape index (κ1) is 11.3. The van der Waals surface area contributed by atoms with Crippen LogP contribution in [0.25, 0.3) is 0 Å². The third kappa shape index (κ3) is 2.01. The van der Waals surface area contributed by atoms with Crippen molar-refractivity contribution in [3.8, 4) is 0 Å². The number of aliphatic hydroxyl groups is 1. The van der Waals surface area contributed by atoms with E-state index in [0.717, 1.165) is 16.8 Å². The third-order valence-electron chi connectivity index (χ3n) is 2.91. The van der Waals surface area contributed by atoms with Gasteiger partial charge >= 0.3 is 0 Å². The Morgan fingerprint density at radius 3 is 2.44 bits per heavy atom. The Hall–Kier alpha value is -1.19. The number of nitrogens with zero attached hydrogens (tertiary/aromatic N) is 1. The quantitative estimate of drug-likeness (QED) is 0.864. The van der Waals surface area contributed by atoms with Gasteiger partial charge < -0.3 is 5.11 Å². The first-order valence-electron chi connectivity index (χ1n) is 5.23. The van der Waals surface area contributed by atoms with Crippen molar-refractivity contribution in [2.45, 2.75) is 26.9 Å². The van der Waals surface area contributed by atoms with Gasteiger partial charge in [0.05, 0.1) is 11.2 Å². The van der Waals surface area contributed by atoms with E-state index in [-0.39, 0.29) is 0 Å². The van der Waals surface area contributed by atoms with Crippen LogP contribution in [-0.4, -0.2) is 10.1 Å². The highest BCUT2D eigenvalue weighted by Gasteiger charge is 2.15. The fourth-order valence-electron chi connectivity index (χ4n) is 1.79. The molecule has 0 radical (unpaired) electrons. The monoisotopic (exact) mass is 233 g/mol. The van der Waals surface area contributed by atoms with E-state index in [1.165, 1.54) is 22.5 Å². The molecule has 2 rings (SSSR count). The topological polar surface area (TPSA) is 33.1 Å². The Morgan fingerprint density at radius 1 is 1.12 bits per heavy atom. The SMILES string of the molecule is Cc1cc(C)c(C(O)c2cscn2)cc1C. The van der Waals surface area contributed by atoms with Gasteiger partial charge in [0.25, 0.3) is 0 Å². The van der Waals surface area contributed by atoms with E-state index in [9.17, 15) is 5.11 Å². The van der Waals surface area contributed by atoms with E-state index in [1.807, 2.05) is 12.3 Å². The van der Waals surface area contributed by atoms with E-state index < -0.39 is 6.10 Å². The van der Waals surface area contributed by atoms with Gasteiger partial charge in [-0.3, -0.25) is 0 Å². The summed E-state index contributed by atoms with van der Waals surface area (Å²) < 4.78 is 0. The van der Waals surface area contributed by atoms with Crippen molar-refractivity contribution in [3.63, 3.8) is 0 Å². The summed E-state index contributed by atoms with van der Waals surface area (Å²) in [6, 6.07) is 4.16. The molecular weight excluding hydrogens is 218 g/mol. The van der Waals surface area contributed by atoms with Crippen LogP contribution in [0.3, 0.4) is 0 Å². The molecule has 0 saturated carbocycles. The lowest BCUT2D eigenvalue weighted by molar-refractivity contribution is 0.215.